The van der Waals surface area contributed by atoms with Crippen molar-refractivity contribution >= 4 is 5.97 Å². The van der Waals surface area contributed by atoms with Gasteiger partial charge in [-0.15, -0.1) is 0 Å². The summed E-state index contributed by atoms with van der Waals surface area (Å²) in [6, 6.07) is 14.9. The molecule has 2 aromatic carbocycles. The average Bonchev–Trinajstić information content (AvgIpc) is 3.19. The lowest BCUT2D eigenvalue weighted by molar-refractivity contribution is -0.222. The molecule has 3 aromatic rings. The first kappa shape index (κ1) is 22.7. The second-order valence-corrected chi connectivity index (χ2v) is 7.31. The minimum Gasteiger partial charge on any atom is -0.478 e. The highest BCUT2D eigenvalue weighted by molar-refractivity contribution is 5.95. The van der Waals surface area contributed by atoms with Crippen LogP contribution in [0.1, 0.15) is 54.3 Å². The van der Waals surface area contributed by atoms with Crippen molar-refractivity contribution in [2.75, 3.05) is 14.2 Å². The molecule has 0 aliphatic carbocycles. The summed E-state index contributed by atoms with van der Waals surface area (Å²) in [6.07, 6.45) is 2.12. The number of hydrogen-bond donors (Lipinski definition) is 1. The molecule has 0 fully saturated rings. The third-order valence-electron chi connectivity index (χ3n) is 5.43. The van der Waals surface area contributed by atoms with E-state index in [0.29, 0.717) is 24.2 Å². The van der Waals surface area contributed by atoms with Crippen LogP contribution in [0.3, 0.4) is 0 Å². The normalized spacial score (nSPS) is 11.6. The van der Waals surface area contributed by atoms with Crippen LogP contribution in [0.15, 0.2) is 48.5 Å². The van der Waals surface area contributed by atoms with Gasteiger partial charge in [0.25, 0.3) is 0 Å². The van der Waals surface area contributed by atoms with Gasteiger partial charge < -0.3 is 14.6 Å². The predicted molar refractivity (Wildman–Crippen MR) is 118 cm³/mol. The first-order valence-corrected chi connectivity index (χ1v) is 10.4. The van der Waals surface area contributed by atoms with Crippen molar-refractivity contribution in [2.45, 2.75) is 45.4 Å². The van der Waals surface area contributed by atoms with Crippen LogP contribution in [0.2, 0.25) is 0 Å². The number of ether oxygens (including phenoxy) is 2. The molecule has 0 aliphatic heterocycles. The zero-order valence-corrected chi connectivity index (χ0v) is 18.5. The van der Waals surface area contributed by atoms with E-state index in [4.69, 9.17) is 14.5 Å². The zero-order valence-electron chi connectivity index (χ0n) is 18.5. The van der Waals surface area contributed by atoms with Gasteiger partial charge in [-0.25, -0.2) is 14.5 Å². The number of hydrogen-bond acceptors (Lipinski definition) is 5. The Kier molecular flexibility index (Phi) is 7.20. The van der Waals surface area contributed by atoms with E-state index in [1.807, 2.05) is 48.0 Å². The van der Waals surface area contributed by atoms with E-state index in [9.17, 15) is 9.90 Å². The maximum absolute atomic E-state index is 11.5. The van der Waals surface area contributed by atoms with Gasteiger partial charge in [-0.3, -0.25) is 0 Å². The van der Waals surface area contributed by atoms with E-state index in [0.717, 1.165) is 29.9 Å². The quantitative estimate of drug-likeness (QED) is 0.483. The maximum Gasteiger partial charge on any atom is 0.336 e. The van der Waals surface area contributed by atoms with Gasteiger partial charge in [0.2, 0.25) is 11.6 Å². The molecule has 0 amide bonds. The summed E-state index contributed by atoms with van der Waals surface area (Å²) in [7, 11) is 3.20. The number of carboxylic acids is 1. The van der Waals surface area contributed by atoms with Gasteiger partial charge in [0.1, 0.15) is 5.82 Å². The van der Waals surface area contributed by atoms with Gasteiger partial charge in [0, 0.05) is 33.6 Å². The van der Waals surface area contributed by atoms with E-state index in [1.54, 1.807) is 26.4 Å². The molecule has 31 heavy (non-hydrogen) atoms. The third kappa shape index (κ3) is 4.68. The molecule has 0 saturated heterocycles. The fraction of sp³-hybridized carbons (Fsp3) is 0.375. The molecular formula is C24H29N3O4. The Morgan fingerprint density at radius 3 is 2.32 bits per heavy atom. The van der Waals surface area contributed by atoms with Gasteiger partial charge in [-0.1, -0.05) is 56.3 Å². The number of aryl methyl sites for hydroxylation is 1. The van der Waals surface area contributed by atoms with Gasteiger partial charge in [0.05, 0.1) is 5.56 Å². The molecule has 0 unspecified atom stereocenters. The number of aromatic nitrogens is 3. The number of carbonyl (C=O) groups is 1. The molecule has 1 aromatic heterocycles. The number of nitrogens with zero attached hydrogens (tertiary/aromatic N) is 3. The Balaban J connectivity index is 1.90. The summed E-state index contributed by atoms with van der Waals surface area (Å²) < 4.78 is 13.1. The van der Waals surface area contributed by atoms with Crippen molar-refractivity contribution in [2.24, 2.45) is 0 Å². The van der Waals surface area contributed by atoms with Crippen LogP contribution in [0, 0.1) is 0 Å². The molecule has 0 spiro atoms. The number of rotatable bonds is 10. The van der Waals surface area contributed by atoms with E-state index in [2.05, 4.69) is 12.0 Å². The average molecular weight is 424 g/mol. The Hall–Kier alpha value is -3.03. The molecule has 7 nitrogen and oxygen atoms in total. The predicted octanol–water partition coefficient (Wildman–Crippen LogP) is 4.50. The largest absolute Gasteiger partial charge is 0.478 e. The number of aromatic carboxylic acids is 1. The van der Waals surface area contributed by atoms with E-state index < -0.39 is 11.8 Å². The van der Waals surface area contributed by atoms with Gasteiger partial charge >= 0.3 is 5.97 Å². The highest BCUT2D eigenvalue weighted by atomic mass is 16.7. The van der Waals surface area contributed by atoms with Crippen LogP contribution < -0.4 is 0 Å². The first-order valence-electron chi connectivity index (χ1n) is 10.4. The van der Waals surface area contributed by atoms with Crippen molar-refractivity contribution in [3.63, 3.8) is 0 Å². The third-order valence-corrected chi connectivity index (χ3v) is 5.43. The lowest BCUT2D eigenvalue weighted by Crippen LogP contribution is -2.31. The number of benzene rings is 2. The smallest absolute Gasteiger partial charge is 0.336 e. The van der Waals surface area contributed by atoms with Crippen LogP contribution in [0.5, 0.6) is 0 Å². The zero-order chi connectivity index (χ0) is 22.4. The molecule has 0 atom stereocenters. The lowest BCUT2D eigenvalue weighted by atomic mass is 9.98. The molecular weight excluding hydrogens is 394 g/mol. The fourth-order valence-electron chi connectivity index (χ4n) is 3.68. The van der Waals surface area contributed by atoms with E-state index in [1.165, 1.54) is 0 Å². The summed E-state index contributed by atoms with van der Waals surface area (Å²) in [5.74, 6) is -0.536. The molecule has 7 heteroatoms. The van der Waals surface area contributed by atoms with E-state index >= 15 is 0 Å². The van der Waals surface area contributed by atoms with Crippen LogP contribution in [-0.4, -0.2) is 40.1 Å². The van der Waals surface area contributed by atoms with Gasteiger partial charge in [-0.05, 0) is 29.2 Å². The van der Waals surface area contributed by atoms with Gasteiger partial charge in [-0.2, -0.15) is 5.10 Å². The molecule has 0 aliphatic rings. The van der Waals surface area contributed by atoms with Crippen LogP contribution >= 0.6 is 0 Å². The summed E-state index contributed by atoms with van der Waals surface area (Å²) in [5.41, 5.74) is 2.91. The lowest BCUT2D eigenvalue weighted by Gasteiger charge is -2.26. The maximum atomic E-state index is 11.5. The monoisotopic (exact) mass is 423 g/mol. The highest BCUT2D eigenvalue weighted by Gasteiger charge is 2.35. The summed E-state index contributed by atoms with van der Waals surface area (Å²) in [5, 5.41) is 14.1. The standard InChI is InChI=1S/C24H29N3O4/c1-5-15-27-21(25-23(26-27)24(6-2,30-3)31-4)16-17-11-13-18(14-12-17)19-9-7-8-10-20(19)22(28)29/h7-14H,5-6,15-16H2,1-4H3,(H,28,29). The Morgan fingerprint density at radius 2 is 1.74 bits per heavy atom. The van der Waals surface area contributed by atoms with Crippen LogP contribution in [0.25, 0.3) is 11.1 Å². The molecule has 1 N–H and O–H groups in total. The Morgan fingerprint density at radius 1 is 1.06 bits per heavy atom. The first-order chi connectivity index (χ1) is 15.0. The summed E-state index contributed by atoms with van der Waals surface area (Å²) in [4.78, 5) is 16.3. The van der Waals surface area contributed by atoms with Crippen molar-refractivity contribution in [1.29, 1.82) is 0 Å². The van der Waals surface area contributed by atoms with Crippen molar-refractivity contribution in [1.82, 2.24) is 14.8 Å². The SMILES string of the molecule is CCCn1nc(C(CC)(OC)OC)nc1Cc1ccc(-c2ccccc2C(=O)O)cc1. The van der Waals surface area contributed by atoms with Crippen LogP contribution in [-0.2, 0) is 28.2 Å². The molecule has 0 radical (unpaired) electrons. The van der Waals surface area contributed by atoms with E-state index in [-0.39, 0.29) is 5.56 Å². The minimum absolute atomic E-state index is 0.289. The molecule has 0 saturated carbocycles. The van der Waals surface area contributed by atoms with Crippen LogP contribution in [0.4, 0.5) is 0 Å². The molecule has 164 valence electrons. The fourth-order valence-corrected chi connectivity index (χ4v) is 3.68. The second kappa shape index (κ2) is 9.85. The van der Waals surface area contributed by atoms with Crippen molar-refractivity contribution in [3.05, 3.63) is 71.3 Å². The molecule has 0 bridgehead atoms. The summed E-state index contributed by atoms with van der Waals surface area (Å²) in [6.45, 7) is 4.82. The summed E-state index contributed by atoms with van der Waals surface area (Å²) >= 11 is 0. The topological polar surface area (TPSA) is 86.5 Å². The minimum atomic E-state index is -0.960. The van der Waals surface area contributed by atoms with Crippen molar-refractivity contribution in [3.8, 4) is 11.1 Å². The Bertz CT molecular complexity index is 1020. The second-order valence-electron chi connectivity index (χ2n) is 7.31. The molecule has 3 rings (SSSR count). The molecule has 1 heterocycles. The van der Waals surface area contributed by atoms with Gasteiger partial charge in [0.15, 0.2) is 0 Å². The Labute approximate surface area is 182 Å². The number of carboxylic acid groups (broad SMARTS) is 1. The number of methoxy groups -OCH3 is 2. The highest BCUT2D eigenvalue weighted by Crippen LogP contribution is 2.28. The van der Waals surface area contributed by atoms with Crippen molar-refractivity contribution < 1.29 is 19.4 Å².